The molecule has 1 aromatic heterocycles. The van der Waals surface area contributed by atoms with Gasteiger partial charge in [0.05, 0.1) is 17.9 Å². The van der Waals surface area contributed by atoms with Crippen molar-refractivity contribution in [3.8, 4) is 0 Å². The van der Waals surface area contributed by atoms with Crippen molar-refractivity contribution in [3.63, 3.8) is 0 Å². The minimum atomic E-state index is -0.417. The average molecular weight is 342 g/mol. The Morgan fingerprint density at radius 3 is 2.40 bits per heavy atom. The first-order valence-electron chi connectivity index (χ1n) is 7.99. The molecule has 1 amide bonds. The summed E-state index contributed by atoms with van der Waals surface area (Å²) >= 11 is 0. The molecule has 1 heterocycles. The second-order valence-corrected chi connectivity index (χ2v) is 6.40. The Labute approximate surface area is 146 Å². The Balaban J connectivity index is 2.15. The largest absolute Gasteiger partial charge is 0.462 e. The summed E-state index contributed by atoms with van der Waals surface area (Å²) in [6, 6.07) is 10.2. The molecule has 0 atom stereocenters. The summed E-state index contributed by atoms with van der Waals surface area (Å²) < 4.78 is 5.04. The van der Waals surface area contributed by atoms with Gasteiger partial charge in [-0.3, -0.25) is 4.79 Å². The number of hydrogen-bond acceptors (Lipinski definition) is 6. The van der Waals surface area contributed by atoms with E-state index in [0.717, 1.165) is 0 Å². The van der Waals surface area contributed by atoms with Gasteiger partial charge >= 0.3 is 5.97 Å². The minimum absolute atomic E-state index is 0.221. The number of hydrogen-bond donors (Lipinski definition) is 2. The molecule has 0 aliphatic heterocycles. The molecule has 25 heavy (non-hydrogen) atoms. The topological polar surface area (TPSA) is 93.2 Å². The summed E-state index contributed by atoms with van der Waals surface area (Å²) in [7, 11) is 0. The zero-order chi connectivity index (χ0) is 18.4. The van der Waals surface area contributed by atoms with Crippen LogP contribution in [-0.4, -0.2) is 34.2 Å². The van der Waals surface area contributed by atoms with Crippen LogP contribution >= 0.6 is 0 Å². The van der Waals surface area contributed by atoms with Gasteiger partial charge < -0.3 is 15.4 Å². The van der Waals surface area contributed by atoms with E-state index in [0.29, 0.717) is 23.7 Å². The van der Waals surface area contributed by atoms with E-state index >= 15 is 0 Å². The third kappa shape index (κ3) is 5.27. The molecule has 2 rings (SSSR count). The zero-order valence-corrected chi connectivity index (χ0v) is 14.8. The molecule has 0 aliphatic rings. The van der Waals surface area contributed by atoms with Gasteiger partial charge in [-0.25, -0.2) is 4.79 Å². The molecule has 0 aliphatic carbocycles. The van der Waals surface area contributed by atoms with Gasteiger partial charge in [0, 0.05) is 5.54 Å². The SMILES string of the molecule is CCOC(=O)c1ccccc1Nc1ccc(C(=O)NC(C)(C)C)nn1. The lowest BCUT2D eigenvalue weighted by molar-refractivity contribution is 0.0527. The van der Waals surface area contributed by atoms with Crippen LogP contribution in [0.5, 0.6) is 0 Å². The molecule has 7 nitrogen and oxygen atoms in total. The quantitative estimate of drug-likeness (QED) is 0.812. The second-order valence-electron chi connectivity index (χ2n) is 6.40. The fourth-order valence-electron chi connectivity index (χ4n) is 2.04. The standard InChI is InChI=1S/C18H22N4O3/c1-5-25-17(24)12-8-6-7-9-13(12)19-15-11-10-14(21-22-15)16(23)20-18(2,3)4/h6-11H,5H2,1-4H3,(H,19,22)(H,20,23). The van der Waals surface area contributed by atoms with Crippen molar-refractivity contribution >= 4 is 23.4 Å². The Kier molecular flexibility index (Phi) is 5.69. The average Bonchev–Trinajstić information content (AvgIpc) is 2.54. The van der Waals surface area contributed by atoms with Crippen LogP contribution in [0.4, 0.5) is 11.5 Å². The molecule has 132 valence electrons. The molecular formula is C18H22N4O3. The maximum absolute atomic E-state index is 12.1. The molecule has 7 heteroatoms. The maximum Gasteiger partial charge on any atom is 0.340 e. The van der Waals surface area contributed by atoms with E-state index in [1.807, 2.05) is 20.8 Å². The summed E-state index contributed by atoms with van der Waals surface area (Å²) in [4.78, 5) is 24.0. The van der Waals surface area contributed by atoms with Crippen LogP contribution in [0, 0.1) is 0 Å². The number of nitrogens with one attached hydrogen (secondary N) is 2. The van der Waals surface area contributed by atoms with Crippen molar-refractivity contribution < 1.29 is 14.3 Å². The molecular weight excluding hydrogens is 320 g/mol. The highest BCUT2D eigenvalue weighted by Gasteiger charge is 2.17. The molecule has 0 saturated carbocycles. The number of rotatable bonds is 5. The normalized spacial score (nSPS) is 10.9. The molecule has 0 fully saturated rings. The lowest BCUT2D eigenvalue weighted by Gasteiger charge is -2.19. The van der Waals surface area contributed by atoms with Crippen LogP contribution in [0.2, 0.25) is 0 Å². The first kappa shape index (κ1) is 18.4. The number of nitrogens with zero attached hydrogens (tertiary/aromatic N) is 2. The number of anilines is 2. The maximum atomic E-state index is 12.1. The number of esters is 1. The highest BCUT2D eigenvalue weighted by atomic mass is 16.5. The predicted octanol–water partition coefficient (Wildman–Crippen LogP) is 2.93. The van der Waals surface area contributed by atoms with Gasteiger partial charge in [-0.05, 0) is 52.0 Å². The summed E-state index contributed by atoms with van der Waals surface area (Å²) in [5.41, 5.74) is 0.829. The second kappa shape index (κ2) is 7.74. The molecule has 2 aromatic rings. The summed E-state index contributed by atoms with van der Waals surface area (Å²) in [6.07, 6.45) is 0. The monoisotopic (exact) mass is 342 g/mol. The van der Waals surface area contributed by atoms with Gasteiger partial charge in [0.2, 0.25) is 0 Å². The van der Waals surface area contributed by atoms with Gasteiger partial charge in [0.15, 0.2) is 11.5 Å². The summed E-state index contributed by atoms with van der Waals surface area (Å²) in [6.45, 7) is 7.72. The van der Waals surface area contributed by atoms with Crippen LogP contribution in [0.1, 0.15) is 48.5 Å². The van der Waals surface area contributed by atoms with E-state index in [4.69, 9.17) is 4.74 Å². The number of aromatic nitrogens is 2. The number of carbonyl (C=O) groups excluding carboxylic acids is 2. The van der Waals surface area contributed by atoms with Crippen molar-refractivity contribution in [1.82, 2.24) is 15.5 Å². The van der Waals surface area contributed by atoms with Crippen LogP contribution in [-0.2, 0) is 4.74 Å². The van der Waals surface area contributed by atoms with E-state index < -0.39 is 5.97 Å². The fraction of sp³-hybridized carbons (Fsp3) is 0.333. The molecule has 0 spiro atoms. The first-order valence-corrected chi connectivity index (χ1v) is 7.99. The van der Waals surface area contributed by atoms with Gasteiger partial charge in [-0.15, -0.1) is 10.2 Å². The van der Waals surface area contributed by atoms with Crippen LogP contribution in [0.25, 0.3) is 0 Å². The Hall–Kier alpha value is -2.96. The lowest BCUT2D eigenvalue weighted by Crippen LogP contribution is -2.41. The lowest BCUT2D eigenvalue weighted by atomic mass is 10.1. The molecule has 0 saturated heterocycles. The Bertz CT molecular complexity index is 752. The minimum Gasteiger partial charge on any atom is -0.462 e. The number of carbonyl (C=O) groups is 2. The number of para-hydroxylation sites is 1. The van der Waals surface area contributed by atoms with E-state index in [2.05, 4.69) is 20.8 Å². The smallest absolute Gasteiger partial charge is 0.340 e. The van der Waals surface area contributed by atoms with Crippen LogP contribution in [0.15, 0.2) is 36.4 Å². The van der Waals surface area contributed by atoms with Crippen LogP contribution < -0.4 is 10.6 Å². The van der Waals surface area contributed by atoms with Gasteiger partial charge in [0.25, 0.3) is 5.91 Å². The highest BCUT2D eigenvalue weighted by molar-refractivity contribution is 5.96. The molecule has 2 N–H and O–H groups in total. The van der Waals surface area contributed by atoms with Crippen molar-refractivity contribution in [3.05, 3.63) is 47.7 Å². The first-order chi connectivity index (χ1) is 11.8. The van der Waals surface area contributed by atoms with E-state index in [1.54, 1.807) is 43.3 Å². The number of benzene rings is 1. The van der Waals surface area contributed by atoms with Crippen LogP contribution in [0.3, 0.4) is 0 Å². The predicted molar refractivity (Wildman–Crippen MR) is 94.9 cm³/mol. The van der Waals surface area contributed by atoms with Crippen molar-refractivity contribution in [2.75, 3.05) is 11.9 Å². The highest BCUT2D eigenvalue weighted by Crippen LogP contribution is 2.20. The van der Waals surface area contributed by atoms with Gasteiger partial charge in [-0.2, -0.15) is 0 Å². The van der Waals surface area contributed by atoms with Gasteiger partial charge in [-0.1, -0.05) is 12.1 Å². The zero-order valence-electron chi connectivity index (χ0n) is 14.8. The molecule has 1 aromatic carbocycles. The molecule has 0 radical (unpaired) electrons. The van der Waals surface area contributed by atoms with E-state index in [-0.39, 0.29) is 17.1 Å². The van der Waals surface area contributed by atoms with Crippen molar-refractivity contribution in [1.29, 1.82) is 0 Å². The molecule has 0 bridgehead atoms. The van der Waals surface area contributed by atoms with E-state index in [9.17, 15) is 9.59 Å². The fourth-order valence-corrected chi connectivity index (χ4v) is 2.04. The van der Waals surface area contributed by atoms with Gasteiger partial charge in [0.1, 0.15) is 0 Å². The van der Waals surface area contributed by atoms with E-state index in [1.165, 1.54) is 0 Å². The van der Waals surface area contributed by atoms with Crippen molar-refractivity contribution in [2.24, 2.45) is 0 Å². The summed E-state index contributed by atoms with van der Waals surface area (Å²) in [5.74, 6) is -0.290. The Morgan fingerprint density at radius 2 is 1.80 bits per heavy atom. The number of amides is 1. The van der Waals surface area contributed by atoms with Crippen molar-refractivity contribution in [2.45, 2.75) is 33.2 Å². The number of ether oxygens (including phenoxy) is 1. The summed E-state index contributed by atoms with van der Waals surface area (Å²) in [5, 5.41) is 13.8. The third-order valence-electron chi connectivity index (χ3n) is 3.07. The Morgan fingerprint density at radius 1 is 1.08 bits per heavy atom. The third-order valence-corrected chi connectivity index (χ3v) is 3.07. The molecule has 0 unspecified atom stereocenters.